The zero-order chi connectivity index (χ0) is 9.26. The van der Waals surface area contributed by atoms with E-state index in [2.05, 4.69) is 14.9 Å². The Hall–Kier alpha value is -1.17. The van der Waals surface area contributed by atoms with Gasteiger partial charge in [0.05, 0.1) is 11.7 Å². The van der Waals surface area contributed by atoms with Gasteiger partial charge in [-0.05, 0) is 18.5 Å². The molecule has 0 spiro atoms. The quantitative estimate of drug-likeness (QED) is 0.758. The van der Waals surface area contributed by atoms with E-state index in [1.165, 1.54) is 11.5 Å². The zero-order valence-electron chi connectivity index (χ0n) is 7.23. The molecule has 1 aliphatic heterocycles. The maximum Gasteiger partial charge on any atom is 0.318 e. The predicted molar refractivity (Wildman–Crippen MR) is 48.4 cm³/mol. The van der Waals surface area contributed by atoms with E-state index in [0.29, 0.717) is 0 Å². The highest BCUT2D eigenvalue weighted by molar-refractivity contribution is 7.03. The van der Waals surface area contributed by atoms with Crippen LogP contribution in [0, 0.1) is 0 Å². The molecule has 5 nitrogen and oxygen atoms in total. The van der Waals surface area contributed by atoms with E-state index in [9.17, 15) is 4.79 Å². The second-order valence-electron chi connectivity index (χ2n) is 2.93. The number of rotatable bonds is 2. The summed E-state index contributed by atoms with van der Waals surface area (Å²) in [6.07, 6.45) is 0. The molecule has 1 atom stereocenters. The van der Waals surface area contributed by atoms with Crippen molar-refractivity contribution < 1.29 is 4.79 Å². The molecule has 1 aromatic heterocycles. The fraction of sp³-hybridized carbons (Fsp3) is 0.571. The van der Waals surface area contributed by atoms with Gasteiger partial charge in [0.1, 0.15) is 0 Å². The van der Waals surface area contributed by atoms with Gasteiger partial charge >= 0.3 is 6.03 Å². The molecule has 13 heavy (non-hydrogen) atoms. The van der Waals surface area contributed by atoms with E-state index in [-0.39, 0.29) is 12.1 Å². The molecule has 0 aromatic carbocycles. The van der Waals surface area contributed by atoms with E-state index in [1.54, 1.807) is 4.90 Å². The highest BCUT2D eigenvalue weighted by atomic mass is 32.1. The molecule has 1 aliphatic rings. The molecule has 1 fully saturated rings. The van der Waals surface area contributed by atoms with Gasteiger partial charge in [0, 0.05) is 18.5 Å². The van der Waals surface area contributed by atoms with Crippen LogP contribution in [0.15, 0.2) is 5.38 Å². The number of carbonyl (C=O) groups is 1. The summed E-state index contributed by atoms with van der Waals surface area (Å²) in [5.41, 5.74) is 0.863. The lowest BCUT2D eigenvalue weighted by Gasteiger charge is -2.20. The molecule has 6 heteroatoms. The van der Waals surface area contributed by atoms with E-state index in [1.807, 2.05) is 12.3 Å². The number of urea groups is 1. The fourth-order valence-electron chi connectivity index (χ4n) is 1.37. The van der Waals surface area contributed by atoms with Crippen molar-refractivity contribution in [2.24, 2.45) is 0 Å². The van der Waals surface area contributed by atoms with Crippen LogP contribution < -0.4 is 5.32 Å². The SMILES string of the molecule is CC(c1csnn1)N1CCNC1=O. The van der Waals surface area contributed by atoms with Crippen LogP contribution in [0.5, 0.6) is 0 Å². The third-order valence-electron chi connectivity index (χ3n) is 2.16. The summed E-state index contributed by atoms with van der Waals surface area (Å²) < 4.78 is 3.77. The van der Waals surface area contributed by atoms with Crippen LogP contribution in [0.2, 0.25) is 0 Å². The highest BCUT2D eigenvalue weighted by Crippen LogP contribution is 2.19. The maximum atomic E-state index is 11.3. The summed E-state index contributed by atoms with van der Waals surface area (Å²) in [5.74, 6) is 0. The predicted octanol–water partition coefficient (Wildman–Crippen LogP) is 0.624. The highest BCUT2D eigenvalue weighted by Gasteiger charge is 2.26. The molecule has 1 saturated heterocycles. The third kappa shape index (κ3) is 1.49. The van der Waals surface area contributed by atoms with E-state index in [4.69, 9.17) is 0 Å². The molecule has 70 valence electrons. The van der Waals surface area contributed by atoms with Crippen molar-refractivity contribution in [3.05, 3.63) is 11.1 Å². The van der Waals surface area contributed by atoms with Crippen molar-refractivity contribution in [1.29, 1.82) is 0 Å². The second kappa shape index (κ2) is 3.29. The minimum Gasteiger partial charge on any atom is -0.336 e. The first-order valence-electron chi connectivity index (χ1n) is 4.10. The topological polar surface area (TPSA) is 58.1 Å². The molecule has 0 aliphatic carbocycles. The molecule has 0 bridgehead atoms. The van der Waals surface area contributed by atoms with Crippen LogP contribution >= 0.6 is 11.5 Å². The van der Waals surface area contributed by atoms with Gasteiger partial charge in [-0.15, -0.1) is 5.10 Å². The van der Waals surface area contributed by atoms with Gasteiger partial charge in [-0.25, -0.2) is 4.79 Å². The molecule has 2 rings (SSSR count). The standard InChI is InChI=1S/C7H10N4OS/c1-5(6-4-13-10-9-6)11-3-2-8-7(11)12/h4-5H,2-3H2,1H3,(H,8,12). The summed E-state index contributed by atoms with van der Waals surface area (Å²) in [6.45, 7) is 3.43. The number of nitrogens with zero attached hydrogens (tertiary/aromatic N) is 3. The van der Waals surface area contributed by atoms with Crippen molar-refractivity contribution >= 4 is 17.6 Å². The molecule has 1 N–H and O–H groups in total. The van der Waals surface area contributed by atoms with Gasteiger partial charge in [-0.2, -0.15) is 0 Å². The summed E-state index contributed by atoms with van der Waals surface area (Å²) in [5, 5.41) is 8.57. The van der Waals surface area contributed by atoms with Crippen LogP contribution in [0.1, 0.15) is 18.7 Å². The molecular formula is C7H10N4OS. The largest absolute Gasteiger partial charge is 0.336 e. The van der Waals surface area contributed by atoms with Gasteiger partial charge in [0.25, 0.3) is 0 Å². The van der Waals surface area contributed by atoms with Gasteiger partial charge in [0.2, 0.25) is 0 Å². The Morgan fingerprint density at radius 1 is 1.77 bits per heavy atom. The Labute approximate surface area is 79.9 Å². The lowest BCUT2D eigenvalue weighted by atomic mass is 10.2. The number of hydrogen-bond donors (Lipinski definition) is 1. The first-order chi connectivity index (χ1) is 6.29. The van der Waals surface area contributed by atoms with Crippen molar-refractivity contribution in [2.45, 2.75) is 13.0 Å². The van der Waals surface area contributed by atoms with E-state index in [0.717, 1.165) is 18.8 Å². The normalized spacial score (nSPS) is 18.8. The van der Waals surface area contributed by atoms with E-state index >= 15 is 0 Å². The molecule has 1 aromatic rings. The lowest BCUT2D eigenvalue weighted by molar-refractivity contribution is 0.201. The van der Waals surface area contributed by atoms with Crippen LogP contribution in [0.25, 0.3) is 0 Å². The number of aromatic nitrogens is 2. The van der Waals surface area contributed by atoms with Crippen LogP contribution in [0.3, 0.4) is 0 Å². The number of amides is 2. The Balaban J connectivity index is 2.13. The maximum absolute atomic E-state index is 11.3. The van der Waals surface area contributed by atoms with Crippen LogP contribution in [-0.4, -0.2) is 33.6 Å². The molecule has 2 heterocycles. The lowest BCUT2D eigenvalue weighted by Crippen LogP contribution is -2.30. The molecule has 0 radical (unpaired) electrons. The van der Waals surface area contributed by atoms with Crippen molar-refractivity contribution in [3.8, 4) is 0 Å². The zero-order valence-corrected chi connectivity index (χ0v) is 8.04. The van der Waals surface area contributed by atoms with Gasteiger partial charge < -0.3 is 10.2 Å². The monoisotopic (exact) mass is 198 g/mol. The summed E-state index contributed by atoms with van der Waals surface area (Å²) >= 11 is 1.31. The summed E-state index contributed by atoms with van der Waals surface area (Å²) in [6, 6.07) is 0.0155. The smallest absolute Gasteiger partial charge is 0.318 e. The number of nitrogens with one attached hydrogen (secondary N) is 1. The summed E-state index contributed by atoms with van der Waals surface area (Å²) in [7, 11) is 0. The first kappa shape index (κ1) is 8.43. The molecule has 0 saturated carbocycles. The number of hydrogen-bond acceptors (Lipinski definition) is 4. The average Bonchev–Trinajstić information content (AvgIpc) is 2.72. The second-order valence-corrected chi connectivity index (χ2v) is 3.54. The Morgan fingerprint density at radius 3 is 3.15 bits per heavy atom. The molecule has 2 amide bonds. The first-order valence-corrected chi connectivity index (χ1v) is 4.94. The van der Waals surface area contributed by atoms with Crippen LogP contribution in [-0.2, 0) is 0 Å². The van der Waals surface area contributed by atoms with Gasteiger partial charge in [0.15, 0.2) is 0 Å². The van der Waals surface area contributed by atoms with Gasteiger partial charge in [-0.1, -0.05) is 4.49 Å². The van der Waals surface area contributed by atoms with Crippen molar-refractivity contribution in [2.75, 3.05) is 13.1 Å². The summed E-state index contributed by atoms with van der Waals surface area (Å²) in [4.78, 5) is 13.0. The third-order valence-corrected chi connectivity index (χ3v) is 2.69. The van der Waals surface area contributed by atoms with Crippen LogP contribution in [0.4, 0.5) is 4.79 Å². The molecule has 1 unspecified atom stereocenters. The van der Waals surface area contributed by atoms with Gasteiger partial charge in [-0.3, -0.25) is 0 Å². The minimum absolute atomic E-state index is 0.0134. The Kier molecular flexibility index (Phi) is 2.13. The number of carbonyl (C=O) groups excluding carboxylic acids is 1. The Bertz CT molecular complexity index is 299. The average molecular weight is 198 g/mol. The Morgan fingerprint density at radius 2 is 2.62 bits per heavy atom. The van der Waals surface area contributed by atoms with E-state index < -0.39 is 0 Å². The van der Waals surface area contributed by atoms with Crippen molar-refractivity contribution in [1.82, 2.24) is 19.8 Å². The van der Waals surface area contributed by atoms with Crippen molar-refractivity contribution in [3.63, 3.8) is 0 Å². The molecular weight excluding hydrogens is 188 g/mol. The fourth-order valence-corrected chi connectivity index (χ4v) is 1.91. The minimum atomic E-state index is -0.0134.